The van der Waals surface area contributed by atoms with E-state index in [1.54, 1.807) is 0 Å². The Labute approximate surface area is 224 Å². The summed E-state index contributed by atoms with van der Waals surface area (Å²) >= 11 is 2.27. The monoisotopic (exact) mass is 498 g/mol. The van der Waals surface area contributed by atoms with E-state index >= 15 is 0 Å². The number of fused-ring (bicyclic) bond motifs is 6. The summed E-state index contributed by atoms with van der Waals surface area (Å²) in [6.07, 6.45) is 2.68. The van der Waals surface area contributed by atoms with Gasteiger partial charge in [-0.25, -0.2) is 0 Å². The van der Waals surface area contributed by atoms with Crippen LogP contribution >= 0.6 is 11.8 Å². The number of benzene rings is 4. The Morgan fingerprint density at radius 3 is 2.16 bits per heavy atom. The molecule has 4 heteroatoms. The van der Waals surface area contributed by atoms with Crippen molar-refractivity contribution in [2.75, 3.05) is 9.80 Å². The fourth-order valence-electron chi connectivity index (χ4n) is 8.11. The molecule has 1 saturated heterocycles. The first-order valence-corrected chi connectivity index (χ1v) is 14.6. The van der Waals surface area contributed by atoms with Crippen LogP contribution in [-0.2, 0) is 0 Å². The standard InChI is InChI=1S/C33H31BN2S/c1-33(2)21-20-28-29(33)31-32(37-28)36(23-14-7-4-8-15-23)27-19-11-18-26-30(27)34(31)24-16-9-10-17-25(24)35(26)22-12-5-3-6-13-22/h3-19,28-29,31-32H,20-21H2,1-2H3. The Kier molecular flexibility index (Phi) is 4.71. The lowest BCUT2D eigenvalue weighted by Crippen LogP contribution is -2.62. The van der Waals surface area contributed by atoms with Gasteiger partial charge in [-0.2, -0.15) is 0 Å². The van der Waals surface area contributed by atoms with Crippen molar-refractivity contribution in [2.24, 2.45) is 11.3 Å². The van der Waals surface area contributed by atoms with Crippen molar-refractivity contribution in [2.45, 2.75) is 43.1 Å². The molecule has 2 nitrogen and oxygen atoms in total. The van der Waals surface area contributed by atoms with E-state index in [0.717, 1.165) is 5.25 Å². The van der Waals surface area contributed by atoms with Crippen molar-refractivity contribution < 1.29 is 0 Å². The topological polar surface area (TPSA) is 6.48 Å². The molecular weight excluding hydrogens is 467 g/mol. The normalized spacial score (nSPS) is 26.4. The summed E-state index contributed by atoms with van der Waals surface area (Å²) in [6, 6.07) is 38.3. The van der Waals surface area contributed by atoms with Gasteiger partial charge in [0.1, 0.15) is 0 Å². The highest BCUT2D eigenvalue weighted by molar-refractivity contribution is 8.01. The summed E-state index contributed by atoms with van der Waals surface area (Å²) in [6.45, 7) is 5.49. The molecule has 4 atom stereocenters. The van der Waals surface area contributed by atoms with E-state index in [-0.39, 0.29) is 0 Å². The molecule has 1 aliphatic carbocycles. The van der Waals surface area contributed by atoms with Crippen LogP contribution in [0.5, 0.6) is 0 Å². The molecular formula is C33H31BN2S. The van der Waals surface area contributed by atoms with Gasteiger partial charge in [0.2, 0.25) is 6.71 Å². The summed E-state index contributed by atoms with van der Waals surface area (Å²) in [7, 11) is 0. The Hall–Kier alpha value is -3.11. The van der Waals surface area contributed by atoms with Gasteiger partial charge < -0.3 is 9.80 Å². The Morgan fingerprint density at radius 2 is 1.38 bits per heavy atom. The van der Waals surface area contributed by atoms with Crippen molar-refractivity contribution in [3.05, 3.63) is 103 Å². The second-order valence-electron chi connectivity index (χ2n) is 11.8. The van der Waals surface area contributed by atoms with Gasteiger partial charge in [-0.1, -0.05) is 74.5 Å². The molecule has 1 saturated carbocycles. The molecule has 4 aromatic carbocycles. The summed E-state index contributed by atoms with van der Waals surface area (Å²) in [5, 5.41) is 1.18. The first kappa shape index (κ1) is 21.9. The average molecular weight is 499 g/mol. The highest BCUT2D eigenvalue weighted by Gasteiger charge is 2.62. The summed E-state index contributed by atoms with van der Waals surface area (Å²) in [5.74, 6) is 1.27. The summed E-state index contributed by atoms with van der Waals surface area (Å²) in [5.41, 5.74) is 10.00. The lowest BCUT2D eigenvalue weighted by Gasteiger charge is -2.50. The molecule has 8 rings (SSSR count). The van der Waals surface area contributed by atoms with Crippen LogP contribution in [0.4, 0.5) is 28.4 Å². The Bertz CT molecular complexity index is 1490. The molecule has 0 amide bonds. The zero-order chi connectivity index (χ0) is 24.7. The van der Waals surface area contributed by atoms with Gasteiger partial charge in [-0.05, 0) is 83.4 Å². The third kappa shape index (κ3) is 3.02. The van der Waals surface area contributed by atoms with Crippen LogP contribution < -0.4 is 20.7 Å². The van der Waals surface area contributed by atoms with Crippen LogP contribution in [0.25, 0.3) is 0 Å². The average Bonchev–Trinajstić information content (AvgIpc) is 3.46. The molecule has 3 aliphatic heterocycles. The highest BCUT2D eigenvalue weighted by atomic mass is 32.2. The third-order valence-corrected chi connectivity index (χ3v) is 11.2. The van der Waals surface area contributed by atoms with Crippen molar-refractivity contribution in [1.29, 1.82) is 0 Å². The van der Waals surface area contributed by atoms with E-state index in [4.69, 9.17) is 0 Å². The molecule has 3 heterocycles. The first-order chi connectivity index (χ1) is 18.1. The van der Waals surface area contributed by atoms with Gasteiger partial charge >= 0.3 is 0 Å². The zero-order valence-electron chi connectivity index (χ0n) is 21.4. The predicted octanol–water partition coefficient (Wildman–Crippen LogP) is 7.48. The molecule has 0 radical (unpaired) electrons. The molecule has 0 N–H and O–H groups in total. The van der Waals surface area contributed by atoms with Crippen LogP contribution in [0.1, 0.15) is 26.7 Å². The van der Waals surface area contributed by atoms with Crippen LogP contribution in [0.3, 0.4) is 0 Å². The maximum absolute atomic E-state index is 2.70. The molecule has 0 spiro atoms. The van der Waals surface area contributed by atoms with Crippen LogP contribution in [0, 0.1) is 11.3 Å². The Morgan fingerprint density at radius 1 is 0.730 bits per heavy atom. The van der Waals surface area contributed by atoms with Crippen LogP contribution in [0.2, 0.25) is 5.82 Å². The second kappa shape index (κ2) is 7.95. The van der Waals surface area contributed by atoms with Gasteiger partial charge in [0.15, 0.2) is 0 Å². The zero-order valence-corrected chi connectivity index (χ0v) is 22.2. The molecule has 2 fully saturated rings. The smallest absolute Gasteiger partial charge is 0.223 e. The number of hydrogen-bond acceptors (Lipinski definition) is 3. The molecule has 182 valence electrons. The maximum atomic E-state index is 2.70. The van der Waals surface area contributed by atoms with Gasteiger partial charge in [-0.15, -0.1) is 11.8 Å². The number of rotatable bonds is 2. The minimum atomic E-state index is 0.359. The van der Waals surface area contributed by atoms with Crippen molar-refractivity contribution in [3.8, 4) is 0 Å². The second-order valence-corrected chi connectivity index (χ2v) is 13.2. The van der Waals surface area contributed by atoms with Crippen molar-refractivity contribution >= 4 is 57.8 Å². The van der Waals surface area contributed by atoms with E-state index in [9.17, 15) is 0 Å². The quantitative estimate of drug-likeness (QED) is 0.265. The van der Waals surface area contributed by atoms with Gasteiger partial charge in [0.25, 0.3) is 0 Å². The maximum Gasteiger partial charge on any atom is 0.223 e. The molecule has 37 heavy (non-hydrogen) atoms. The largest absolute Gasteiger partial charge is 0.330 e. The predicted molar refractivity (Wildman–Crippen MR) is 160 cm³/mol. The van der Waals surface area contributed by atoms with E-state index < -0.39 is 0 Å². The molecule has 4 aromatic rings. The fourth-order valence-corrected chi connectivity index (χ4v) is 10.3. The number of nitrogens with zero attached hydrogens (tertiary/aromatic N) is 2. The van der Waals surface area contributed by atoms with E-state index in [2.05, 4.69) is 139 Å². The van der Waals surface area contributed by atoms with Crippen LogP contribution in [-0.4, -0.2) is 17.3 Å². The lowest BCUT2D eigenvalue weighted by molar-refractivity contribution is 0.255. The van der Waals surface area contributed by atoms with Gasteiger partial charge in [0, 0.05) is 33.7 Å². The Balaban J connectivity index is 1.44. The molecule has 4 aliphatic rings. The third-order valence-electron chi connectivity index (χ3n) is 9.51. The summed E-state index contributed by atoms with van der Waals surface area (Å²) < 4.78 is 0. The van der Waals surface area contributed by atoms with Crippen LogP contribution in [0.15, 0.2) is 103 Å². The number of thioether (sulfide) groups is 1. The van der Waals surface area contributed by atoms with Crippen molar-refractivity contribution in [1.82, 2.24) is 0 Å². The minimum Gasteiger partial charge on any atom is -0.330 e. The highest BCUT2D eigenvalue weighted by Crippen LogP contribution is 2.65. The number of anilines is 5. The van der Waals surface area contributed by atoms with Crippen molar-refractivity contribution in [3.63, 3.8) is 0 Å². The molecule has 0 aromatic heterocycles. The van der Waals surface area contributed by atoms with Gasteiger partial charge in [0.05, 0.1) is 5.37 Å². The fraction of sp³-hybridized carbons (Fsp3) is 0.273. The van der Waals surface area contributed by atoms with E-state index in [1.807, 2.05) is 0 Å². The van der Waals surface area contributed by atoms with E-state index in [0.29, 0.717) is 29.2 Å². The SMILES string of the molecule is CC1(C)CCC2SC3C(B4c5ccccc5N(c5ccccc5)c5cccc(c54)N3c3ccccc3)C21. The minimum absolute atomic E-state index is 0.359. The molecule has 0 bridgehead atoms. The number of para-hydroxylation sites is 3. The van der Waals surface area contributed by atoms with E-state index in [1.165, 1.54) is 52.2 Å². The first-order valence-electron chi connectivity index (χ1n) is 13.7. The lowest BCUT2D eigenvalue weighted by atomic mass is 9.28. The summed E-state index contributed by atoms with van der Waals surface area (Å²) in [4.78, 5) is 5.21. The number of hydrogen-bond donors (Lipinski definition) is 0. The van der Waals surface area contributed by atoms with Gasteiger partial charge in [-0.3, -0.25) is 0 Å². The molecule has 4 unspecified atom stereocenters.